The highest BCUT2D eigenvalue weighted by Gasteiger charge is 2.17. The number of thiazole rings is 1. The lowest BCUT2D eigenvalue weighted by molar-refractivity contribution is 0.160. The lowest BCUT2D eigenvalue weighted by Crippen LogP contribution is -2.24. The third-order valence-electron chi connectivity index (χ3n) is 4.50. The fourth-order valence-corrected chi connectivity index (χ4v) is 4.08. The maximum absolute atomic E-state index is 13.0. The Balaban J connectivity index is 2.19. The van der Waals surface area contributed by atoms with Crippen molar-refractivity contribution in [2.24, 2.45) is 12.0 Å². The SMILES string of the molecule is COCC(C)n1c(C)csc1=Nc1c(C)n(C)n(-c2ccccc2)c1=O. The standard InChI is InChI=1S/C19H24N4O2S/c1-13(11-25-5)22-14(2)12-26-19(22)20-17-15(3)21(4)23(18(17)24)16-9-7-6-8-10-16/h6-10,12-13H,11H2,1-5H3. The molecule has 0 saturated carbocycles. The van der Waals surface area contributed by atoms with E-state index in [9.17, 15) is 4.79 Å². The average Bonchev–Trinajstić information content (AvgIpc) is 3.09. The van der Waals surface area contributed by atoms with Gasteiger partial charge in [-0.3, -0.25) is 9.48 Å². The number of aromatic nitrogens is 3. The number of aryl methyl sites for hydroxylation is 1. The van der Waals surface area contributed by atoms with Gasteiger partial charge in [-0.1, -0.05) is 18.2 Å². The molecule has 0 aliphatic carbocycles. The average molecular weight is 372 g/mol. The molecular formula is C19H24N4O2S. The first-order valence-corrected chi connectivity index (χ1v) is 9.38. The van der Waals surface area contributed by atoms with Gasteiger partial charge in [-0.2, -0.15) is 0 Å². The van der Waals surface area contributed by atoms with Crippen molar-refractivity contribution in [3.8, 4) is 5.69 Å². The molecule has 0 spiro atoms. The van der Waals surface area contributed by atoms with E-state index in [1.165, 1.54) is 11.3 Å². The summed E-state index contributed by atoms with van der Waals surface area (Å²) >= 11 is 1.54. The minimum Gasteiger partial charge on any atom is -0.383 e. The molecule has 26 heavy (non-hydrogen) atoms. The van der Waals surface area contributed by atoms with Crippen LogP contribution in [0.1, 0.15) is 24.4 Å². The fourth-order valence-electron chi connectivity index (χ4n) is 3.11. The Morgan fingerprint density at radius 3 is 2.58 bits per heavy atom. The van der Waals surface area contributed by atoms with Crippen molar-refractivity contribution in [2.75, 3.05) is 13.7 Å². The Hall–Kier alpha value is -2.38. The molecule has 1 atom stereocenters. The summed E-state index contributed by atoms with van der Waals surface area (Å²) in [5, 5.41) is 2.05. The number of hydrogen-bond acceptors (Lipinski definition) is 4. The van der Waals surface area contributed by atoms with E-state index >= 15 is 0 Å². The monoisotopic (exact) mass is 372 g/mol. The van der Waals surface area contributed by atoms with Gasteiger partial charge >= 0.3 is 0 Å². The Morgan fingerprint density at radius 2 is 1.92 bits per heavy atom. The first kappa shape index (κ1) is 18.4. The molecule has 0 radical (unpaired) electrons. The quantitative estimate of drug-likeness (QED) is 0.691. The van der Waals surface area contributed by atoms with Gasteiger partial charge in [0.05, 0.1) is 24.0 Å². The zero-order chi connectivity index (χ0) is 18.8. The van der Waals surface area contributed by atoms with Gasteiger partial charge in [0.2, 0.25) is 0 Å². The summed E-state index contributed by atoms with van der Waals surface area (Å²) in [5.74, 6) is 0. The van der Waals surface area contributed by atoms with Crippen LogP contribution in [0.2, 0.25) is 0 Å². The highest BCUT2D eigenvalue weighted by atomic mass is 32.1. The van der Waals surface area contributed by atoms with Gasteiger partial charge in [-0.25, -0.2) is 9.67 Å². The van der Waals surface area contributed by atoms with Gasteiger partial charge in [0, 0.05) is 25.2 Å². The smallest absolute Gasteiger partial charge is 0.297 e. The van der Waals surface area contributed by atoms with E-state index in [2.05, 4.69) is 16.9 Å². The zero-order valence-corrected chi connectivity index (χ0v) is 16.6. The predicted octanol–water partition coefficient (Wildman–Crippen LogP) is 3.10. The summed E-state index contributed by atoms with van der Waals surface area (Å²) in [7, 11) is 3.57. The van der Waals surface area contributed by atoms with Crippen molar-refractivity contribution in [3.05, 3.63) is 62.3 Å². The number of benzene rings is 1. The van der Waals surface area contributed by atoms with E-state index in [1.807, 2.05) is 55.9 Å². The molecule has 0 fully saturated rings. The molecule has 0 amide bonds. The number of rotatable bonds is 5. The van der Waals surface area contributed by atoms with Gasteiger partial charge in [-0.05, 0) is 32.9 Å². The molecule has 0 bridgehead atoms. The number of methoxy groups -OCH3 is 1. The lowest BCUT2D eigenvalue weighted by Gasteiger charge is -2.14. The second-order valence-corrected chi connectivity index (χ2v) is 7.19. The molecule has 1 aromatic carbocycles. The van der Waals surface area contributed by atoms with E-state index in [0.29, 0.717) is 12.3 Å². The normalized spacial score (nSPS) is 13.3. The van der Waals surface area contributed by atoms with Crippen LogP contribution >= 0.6 is 11.3 Å². The summed E-state index contributed by atoms with van der Waals surface area (Å²) in [5.41, 5.74) is 3.11. The molecular weight excluding hydrogens is 348 g/mol. The van der Waals surface area contributed by atoms with Gasteiger partial charge in [0.15, 0.2) is 10.5 Å². The van der Waals surface area contributed by atoms with E-state index in [4.69, 9.17) is 9.73 Å². The second kappa shape index (κ2) is 7.47. The number of nitrogens with zero attached hydrogens (tertiary/aromatic N) is 4. The zero-order valence-electron chi connectivity index (χ0n) is 15.8. The summed E-state index contributed by atoms with van der Waals surface area (Å²) in [4.78, 5) is 18.6. The van der Waals surface area contributed by atoms with Crippen LogP contribution in [0.15, 0.2) is 45.5 Å². The number of para-hydroxylation sites is 1. The molecule has 2 heterocycles. The van der Waals surface area contributed by atoms with Crippen LogP contribution in [0.3, 0.4) is 0 Å². The first-order chi connectivity index (χ1) is 12.5. The maximum Gasteiger partial charge on any atom is 0.297 e. The first-order valence-electron chi connectivity index (χ1n) is 8.50. The molecule has 6 nitrogen and oxygen atoms in total. The fraction of sp³-hybridized carbons (Fsp3) is 0.368. The van der Waals surface area contributed by atoms with Crippen molar-refractivity contribution in [3.63, 3.8) is 0 Å². The third kappa shape index (κ3) is 3.20. The summed E-state index contributed by atoms with van der Waals surface area (Å²) < 4.78 is 10.9. The van der Waals surface area contributed by atoms with Gasteiger partial charge < -0.3 is 9.30 Å². The van der Waals surface area contributed by atoms with Crippen molar-refractivity contribution in [1.29, 1.82) is 0 Å². The van der Waals surface area contributed by atoms with Crippen LogP contribution in [0, 0.1) is 13.8 Å². The van der Waals surface area contributed by atoms with Crippen molar-refractivity contribution >= 4 is 17.0 Å². The maximum atomic E-state index is 13.0. The lowest BCUT2D eigenvalue weighted by atomic mass is 10.3. The molecule has 2 aromatic heterocycles. The Bertz CT molecular complexity index is 1020. The van der Waals surface area contributed by atoms with Crippen molar-refractivity contribution in [2.45, 2.75) is 26.8 Å². The Kier molecular flexibility index (Phi) is 5.29. The molecule has 3 aromatic rings. The van der Waals surface area contributed by atoms with E-state index in [-0.39, 0.29) is 11.6 Å². The van der Waals surface area contributed by atoms with E-state index in [0.717, 1.165) is 21.9 Å². The molecule has 0 N–H and O–H groups in total. The molecule has 0 aliphatic heterocycles. The van der Waals surface area contributed by atoms with Crippen molar-refractivity contribution in [1.82, 2.24) is 13.9 Å². The van der Waals surface area contributed by atoms with Crippen LogP contribution in [0.4, 0.5) is 5.69 Å². The largest absolute Gasteiger partial charge is 0.383 e. The van der Waals surface area contributed by atoms with Crippen LogP contribution in [0.5, 0.6) is 0 Å². The van der Waals surface area contributed by atoms with Crippen LogP contribution in [-0.4, -0.2) is 27.6 Å². The topological polar surface area (TPSA) is 53.4 Å². The Labute approximate surface area is 156 Å². The van der Waals surface area contributed by atoms with Crippen LogP contribution < -0.4 is 10.4 Å². The molecule has 0 saturated heterocycles. The second-order valence-electron chi connectivity index (χ2n) is 6.36. The highest BCUT2D eigenvalue weighted by Crippen LogP contribution is 2.17. The summed E-state index contributed by atoms with van der Waals surface area (Å²) in [6, 6.07) is 9.75. The molecule has 138 valence electrons. The predicted molar refractivity (Wildman–Crippen MR) is 105 cm³/mol. The van der Waals surface area contributed by atoms with Gasteiger partial charge in [0.1, 0.15) is 0 Å². The third-order valence-corrected chi connectivity index (χ3v) is 5.46. The highest BCUT2D eigenvalue weighted by molar-refractivity contribution is 7.07. The number of ether oxygens (including phenoxy) is 1. The van der Waals surface area contributed by atoms with E-state index < -0.39 is 0 Å². The molecule has 0 aliphatic rings. The van der Waals surface area contributed by atoms with Gasteiger partial charge in [0.25, 0.3) is 5.56 Å². The van der Waals surface area contributed by atoms with E-state index in [1.54, 1.807) is 11.8 Å². The minimum atomic E-state index is -0.117. The molecule has 1 unspecified atom stereocenters. The van der Waals surface area contributed by atoms with Gasteiger partial charge in [-0.15, -0.1) is 11.3 Å². The van der Waals surface area contributed by atoms with Crippen LogP contribution in [0.25, 0.3) is 5.69 Å². The number of hydrogen-bond donors (Lipinski definition) is 0. The molecule has 7 heteroatoms. The molecule has 3 rings (SSSR count). The summed E-state index contributed by atoms with van der Waals surface area (Å²) in [6.45, 7) is 6.64. The summed E-state index contributed by atoms with van der Waals surface area (Å²) in [6.07, 6.45) is 0. The minimum absolute atomic E-state index is 0.117. The van der Waals surface area contributed by atoms with Crippen LogP contribution in [-0.2, 0) is 11.8 Å². The Morgan fingerprint density at radius 1 is 1.23 bits per heavy atom. The van der Waals surface area contributed by atoms with Crippen molar-refractivity contribution < 1.29 is 4.74 Å².